The third-order valence-corrected chi connectivity index (χ3v) is 5.26. The highest BCUT2D eigenvalue weighted by molar-refractivity contribution is 7.18. The molecule has 5 heteroatoms. The van der Waals surface area contributed by atoms with Crippen LogP contribution in [0.15, 0.2) is 48.5 Å². The van der Waals surface area contributed by atoms with E-state index in [4.69, 9.17) is 4.74 Å². The Morgan fingerprint density at radius 3 is 2.79 bits per heavy atom. The number of carbonyl (C=O) groups excluding carboxylic acids is 1. The minimum absolute atomic E-state index is 0.0142. The summed E-state index contributed by atoms with van der Waals surface area (Å²) in [5, 5.41) is 0.945. The van der Waals surface area contributed by atoms with Crippen molar-refractivity contribution in [1.29, 1.82) is 0 Å². The molecule has 24 heavy (non-hydrogen) atoms. The molecule has 3 aromatic rings. The SMILES string of the molecule is COCc1cccc(C(=O)N(C)[C@@H](C)c2nc3ccccc3s2)c1. The van der Waals surface area contributed by atoms with Crippen molar-refractivity contribution in [2.45, 2.75) is 19.6 Å². The molecule has 4 nitrogen and oxygen atoms in total. The van der Waals surface area contributed by atoms with Crippen LogP contribution < -0.4 is 0 Å². The molecule has 0 aliphatic rings. The molecule has 0 unspecified atom stereocenters. The molecular weight excluding hydrogens is 320 g/mol. The van der Waals surface area contributed by atoms with Gasteiger partial charge in [-0.1, -0.05) is 24.3 Å². The maximum atomic E-state index is 12.8. The Labute approximate surface area is 145 Å². The normalized spacial score (nSPS) is 12.3. The summed E-state index contributed by atoms with van der Waals surface area (Å²) in [6, 6.07) is 15.5. The smallest absolute Gasteiger partial charge is 0.254 e. The predicted octanol–water partition coefficient (Wildman–Crippen LogP) is 4.28. The fraction of sp³-hybridized carbons (Fsp3) is 0.263. The summed E-state index contributed by atoms with van der Waals surface area (Å²) in [6.07, 6.45) is 0. The number of thiazole rings is 1. The number of rotatable bonds is 5. The number of carbonyl (C=O) groups is 1. The molecule has 0 N–H and O–H groups in total. The number of nitrogens with zero attached hydrogens (tertiary/aromatic N) is 2. The van der Waals surface area contributed by atoms with Gasteiger partial charge in [-0.3, -0.25) is 4.79 Å². The molecule has 0 fully saturated rings. The molecule has 0 spiro atoms. The Morgan fingerprint density at radius 2 is 2.04 bits per heavy atom. The van der Waals surface area contributed by atoms with Gasteiger partial charge < -0.3 is 9.64 Å². The minimum Gasteiger partial charge on any atom is -0.380 e. The van der Waals surface area contributed by atoms with Gasteiger partial charge in [0.2, 0.25) is 0 Å². The van der Waals surface area contributed by atoms with Crippen molar-refractivity contribution < 1.29 is 9.53 Å². The van der Waals surface area contributed by atoms with E-state index in [0.717, 1.165) is 20.8 Å². The number of amides is 1. The number of hydrogen-bond acceptors (Lipinski definition) is 4. The third kappa shape index (κ3) is 3.32. The van der Waals surface area contributed by atoms with Crippen LogP contribution in [-0.2, 0) is 11.3 Å². The van der Waals surface area contributed by atoms with Crippen molar-refractivity contribution in [2.75, 3.05) is 14.2 Å². The van der Waals surface area contributed by atoms with E-state index in [-0.39, 0.29) is 11.9 Å². The first-order chi connectivity index (χ1) is 11.6. The van der Waals surface area contributed by atoms with Gasteiger partial charge in [0.15, 0.2) is 0 Å². The molecule has 1 heterocycles. The van der Waals surface area contributed by atoms with Crippen molar-refractivity contribution in [3.05, 3.63) is 64.7 Å². The summed E-state index contributed by atoms with van der Waals surface area (Å²) in [7, 11) is 3.47. The lowest BCUT2D eigenvalue weighted by molar-refractivity contribution is 0.0742. The Morgan fingerprint density at radius 1 is 1.25 bits per heavy atom. The summed E-state index contributed by atoms with van der Waals surface area (Å²) in [6.45, 7) is 2.51. The quantitative estimate of drug-likeness (QED) is 0.696. The van der Waals surface area contributed by atoms with E-state index in [1.54, 1.807) is 23.3 Å². The molecule has 0 aliphatic heterocycles. The van der Waals surface area contributed by atoms with Crippen LogP contribution in [-0.4, -0.2) is 29.9 Å². The van der Waals surface area contributed by atoms with Crippen LogP contribution >= 0.6 is 11.3 Å². The fourth-order valence-electron chi connectivity index (χ4n) is 2.57. The summed E-state index contributed by atoms with van der Waals surface area (Å²) < 4.78 is 6.28. The number of methoxy groups -OCH3 is 1. The van der Waals surface area contributed by atoms with Gasteiger partial charge in [-0.25, -0.2) is 4.98 Å². The van der Waals surface area contributed by atoms with Crippen molar-refractivity contribution >= 4 is 27.5 Å². The van der Waals surface area contributed by atoms with Crippen molar-refractivity contribution in [2.24, 2.45) is 0 Å². The first-order valence-electron chi connectivity index (χ1n) is 7.80. The molecule has 1 atom stereocenters. The first-order valence-corrected chi connectivity index (χ1v) is 8.62. The highest BCUT2D eigenvalue weighted by Gasteiger charge is 2.22. The van der Waals surface area contributed by atoms with Crippen LogP contribution in [0.4, 0.5) is 0 Å². The largest absolute Gasteiger partial charge is 0.380 e. The van der Waals surface area contributed by atoms with E-state index >= 15 is 0 Å². The molecule has 0 saturated carbocycles. The lowest BCUT2D eigenvalue weighted by Gasteiger charge is -2.23. The van der Waals surface area contributed by atoms with Crippen LogP contribution in [0.3, 0.4) is 0 Å². The van der Waals surface area contributed by atoms with Crippen LogP contribution in [0.25, 0.3) is 10.2 Å². The summed E-state index contributed by atoms with van der Waals surface area (Å²) in [5.41, 5.74) is 2.64. The van der Waals surface area contributed by atoms with Gasteiger partial charge in [-0.2, -0.15) is 0 Å². The van der Waals surface area contributed by atoms with E-state index in [0.29, 0.717) is 12.2 Å². The average Bonchev–Trinajstić information content (AvgIpc) is 3.04. The standard InChI is InChI=1S/C19H20N2O2S/c1-13(18-20-16-9-4-5-10-17(16)24-18)21(2)19(22)15-8-6-7-14(11-15)12-23-3/h4-11,13H,12H2,1-3H3/t13-/m0/s1. The van der Waals surface area contributed by atoms with Gasteiger partial charge in [-0.05, 0) is 36.8 Å². The van der Waals surface area contributed by atoms with Gasteiger partial charge in [0, 0.05) is 19.7 Å². The zero-order chi connectivity index (χ0) is 17.1. The highest BCUT2D eigenvalue weighted by Crippen LogP contribution is 2.29. The number of aromatic nitrogens is 1. The van der Waals surface area contributed by atoms with E-state index < -0.39 is 0 Å². The zero-order valence-corrected chi connectivity index (χ0v) is 14.8. The van der Waals surface area contributed by atoms with Crippen LogP contribution in [0, 0.1) is 0 Å². The Bertz CT molecular complexity index is 826. The third-order valence-electron chi connectivity index (χ3n) is 4.05. The van der Waals surface area contributed by atoms with Gasteiger partial charge in [-0.15, -0.1) is 11.3 Å². The van der Waals surface area contributed by atoms with Crippen molar-refractivity contribution in [1.82, 2.24) is 9.88 Å². The number of fused-ring (bicyclic) bond motifs is 1. The Kier molecular flexibility index (Phi) is 4.92. The Balaban J connectivity index is 1.83. The van der Waals surface area contributed by atoms with E-state index in [1.807, 2.05) is 56.4 Å². The molecular formula is C19H20N2O2S. The molecule has 0 radical (unpaired) electrons. The number of hydrogen-bond donors (Lipinski definition) is 0. The number of ether oxygens (including phenoxy) is 1. The van der Waals surface area contributed by atoms with Crippen LogP contribution in [0.2, 0.25) is 0 Å². The van der Waals surface area contributed by atoms with Gasteiger partial charge in [0.1, 0.15) is 5.01 Å². The average molecular weight is 340 g/mol. The molecule has 3 rings (SSSR count). The maximum Gasteiger partial charge on any atom is 0.254 e. The summed E-state index contributed by atoms with van der Waals surface area (Å²) >= 11 is 1.63. The molecule has 0 bridgehead atoms. The maximum absolute atomic E-state index is 12.8. The van der Waals surface area contributed by atoms with Gasteiger partial charge >= 0.3 is 0 Å². The molecule has 2 aromatic carbocycles. The van der Waals surface area contributed by atoms with Crippen molar-refractivity contribution in [3.8, 4) is 0 Å². The van der Waals surface area contributed by atoms with Crippen LogP contribution in [0.5, 0.6) is 0 Å². The topological polar surface area (TPSA) is 42.4 Å². The van der Waals surface area contributed by atoms with Crippen molar-refractivity contribution in [3.63, 3.8) is 0 Å². The second-order valence-corrected chi connectivity index (χ2v) is 6.81. The highest BCUT2D eigenvalue weighted by atomic mass is 32.1. The number of benzene rings is 2. The molecule has 1 aromatic heterocycles. The number of para-hydroxylation sites is 1. The fourth-order valence-corrected chi connectivity index (χ4v) is 3.64. The first kappa shape index (κ1) is 16.6. The lowest BCUT2D eigenvalue weighted by Crippen LogP contribution is -2.29. The van der Waals surface area contributed by atoms with Gasteiger partial charge in [0.05, 0.1) is 22.9 Å². The predicted molar refractivity (Wildman–Crippen MR) is 97.3 cm³/mol. The molecule has 124 valence electrons. The van der Waals surface area contributed by atoms with E-state index in [2.05, 4.69) is 11.1 Å². The van der Waals surface area contributed by atoms with Gasteiger partial charge in [0.25, 0.3) is 5.91 Å². The Hall–Kier alpha value is -2.24. The van der Waals surface area contributed by atoms with E-state index in [1.165, 1.54) is 0 Å². The van der Waals surface area contributed by atoms with Crippen LogP contribution in [0.1, 0.15) is 33.9 Å². The summed E-state index contributed by atoms with van der Waals surface area (Å²) in [4.78, 5) is 19.2. The molecule has 0 aliphatic carbocycles. The molecule has 0 saturated heterocycles. The zero-order valence-electron chi connectivity index (χ0n) is 14.0. The monoisotopic (exact) mass is 340 g/mol. The lowest BCUT2D eigenvalue weighted by atomic mass is 10.1. The second kappa shape index (κ2) is 7.11. The summed E-state index contributed by atoms with van der Waals surface area (Å²) in [5.74, 6) is -0.0142. The van der Waals surface area contributed by atoms with E-state index in [9.17, 15) is 4.79 Å². The second-order valence-electron chi connectivity index (χ2n) is 5.75. The minimum atomic E-state index is -0.0824. The molecule has 1 amide bonds.